The van der Waals surface area contributed by atoms with Crippen molar-refractivity contribution in [1.82, 2.24) is 9.78 Å². The summed E-state index contributed by atoms with van der Waals surface area (Å²) in [4.78, 5) is 10.6. The zero-order valence-corrected chi connectivity index (χ0v) is 9.07. The molecule has 1 saturated carbocycles. The van der Waals surface area contributed by atoms with Crippen molar-refractivity contribution in [1.29, 1.82) is 0 Å². The SMILES string of the molecule is Cn1nccc1C1(COC(N)=O)CC1Cl. The van der Waals surface area contributed by atoms with Crippen LogP contribution in [0.3, 0.4) is 0 Å². The minimum absolute atomic E-state index is 0.0211. The first-order valence-electron chi connectivity index (χ1n) is 4.61. The third-order valence-electron chi connectivity index (χ3n) is 2.79. The maximum absolute atomic E-state index is 10.6. The van der Waals surface area contributed by atoms with E-state index < -0.39 is 6.09 Å². The van der Waals surface area contributed by atoms with E-state index in [1.807, 2.05) is 13.1 Å². The first-order chi connectivity index (χ1) is 7.06. The van der Waals surface area contributed by atoms with Crippen molar-refractivity contribution >= 4 is 17.7 Å². The minimum atomic E-state index is -0.771. The zero-order valence-electron chi connectivity index (χ0n) is 8.31. The third kappa shape index (κ3) is 1.67. The van der Waals surface area contributed by atoms with Gasteiger partial charge in [-0.15, -0.1) is 11.6 Å². The second kappa shape index (κ2) is 3.41. The largest absolute Gasteiger partial charge is 0.449 e. The van der Waals surface area contributed by atoms with Crippen LogP contribution < -0.4 is 5.73 Å². The maximum atomic E-state index is 10.6. The molecule has 0 saturated heterocycles. The van der Waals surface area contributed by atoms with Gasteiger partial charge in [0.1, 0.15) is 6.61 Å². The molecule has 1 aliphatic rings. The molecule has 2 atom stereocenters. The number of ether oxygens (including phenoxy) is 1. The molecule has 1 aromatic heterocycles. The lowest BCUT2D eigenvalue weighted by atomic mass is 10.0. The standard InChI is InChI=1S/C9H12ClN3O2/c1-13-7(2-3-12-13)9(4-6(9)10)5-15-8(11)14/h2-3,6H,4-5H2,1H3,(H2,11,14). The van der Waals surface area contributed by atoms with Gasteiger partial charge in [0.15, 0.2) is 0 Å². The second-order valence-electron chi connectivity index (χ2n) is 3.78. The summed E-state index contributed by atoms with van der Waals surface area (Å²) >= 11 is 6.08. The lowest BCUT2D eigenvalue weighted by molar-refractivity contribution is 0.144. The van der Waals surface area contributed by atoms with Crippen LogP contribution in [0.25, 0.3) is 0 Å². The van der Waals surface area contributed by atoms with Crippen molar-refractivity contribution in [3.63, 3.8) is 0 Å². The second-order valence-corrected chi connectivity index (χ2v) is 4.30. The van der Waals surface area contributed by atoms with Gasteiger partial charge in [0, 0.05) is 24.3 Å². The average Bonchev–Trinajstić information content (AvgIpc) is 2.59. The highest BCUT2D eigenvalue weighted by molar-refractivity contribution is 6.24. The molecule has 5 nitrogen and oxygen atoms in total. The van der Waals surface area contributed by atoms with Crippen LogP contribution in [0.1, 0.15) is 12.1 Å². The van der Waals surface area contributed by atoms with E-state index in [0.29, 0.717) is 0 Å². The van der Waals surface area contributed by atoms with Crippen LogP contribution in [0.4, 0.5) is 4.79 Å². The summed E-state index contributed by atoms with van der Waals surface area (Å²) in [6, 6.07) is 1.88. The van der Waals surface area contributed by atoms with Gasteiger partial charge in [-0.05, 0) is 12.5 Å². The molecule has 0 spiro atoms. The van der Waals surface area contributed by atoms with Gasteiger partial charge in [-0.2, -0.15) is 5.10 Å². The Labute approximate surface area is 92.1 Å². The summed E-state index contributed by atoms with van der Waals surface area (Å²) < 4.78 is 6.57. The summed E-state index contributed by atoms with van der Waals surface area (Å²) in [6.07, 6.45) is 1.71. The summed E-state index contributed by atoms with van der Waals surface area (Å²) in [5.41, 5.74) is 5.61. The molecule has 82 valence electrons. The Morgan fingerprint density at radius 3 is 3.00 bits per heavy atom. The molecule has 0 bridgehead atoms. The van der Waals surface area contributed by atoms with E-state index in [9.17, 15) is 4.79 Å². The number of carbonyl (C=O) groups excluding carboxylic acids is 1. The van der Waals surface area contributed by atoms with E-state index >= 15 is 0 Å². The zero-order chi connectivity index (χ0) is 11.1. The van der Waals surface area contributed by atoms with Crippen LogP contribution in [0.2, 0.25) is 0 Å². The molecule has 2 N–H and O–H groups in total. The predicted octanol–water partition coefficient (Wildman–Crippen LogP) is 0.764. The fourth-order valence-electron chi connectivity index (χ4n) is 1.81. The van der Waals surface area contributed by atoms with Crippen LogP contribution in [-0.4, -0.2) is 27.9 Å². The number of aromatic nitrogens is 2. The molecule has 1 fully saturated rings. The Morgan fingerprint density at radius 1 is 1.93 bits per heavy atom. The van der Waals surface area contributed by atoms with Gasteiger partial charge in [-0.3, -0.25) is 4.68 Å². The highest BCUT2D eigenvalue weighted by atomic mass is 35.5. The highest BCUT2D eigenvalue weighted by Crippen LogP contribution is 2.52. The van der Waals surface area contributed by atoms with Crippen molar-refractivity contribution in [2.75, 3.05) is 6.61 Å². The van der Waals surface area contributed by atoms with E-state index in [4.69, 9.17) is 22.1 Å². The molecule has 2 rings (SSSR count). The van der Waals surface area contributed by atoms with Crippen LogP contribution in [-0.2, 0) is 17.2 Å². The molecule has 1 aliphatic carbocycles. The van der Waals surface area contributed by atoms with E-state index in [-0.39, 0.29) is 17.4 Å². The molecule has 15 heavy (non-hydrogen) atoms. The van der Waals surface area contributed by atoms with Crippen molar-refractivity contribution in [3.05, 3.63) is 18.0 Å². The molecule has 0 radical (unpaired) electrons. The lowest BCUT2D eigenvalue weighted by Crippen LogP contribution is -2.26. The van der Waals surface area contributed by atoms with E-state index in [2.05, 4.69) is 5.10 Å². The summed E-state index contributed by atoms with van der Waals surface area (Å²) in [7, 11) is 1.84. The monoisotopic (exact) mass is 229 g/mol. The smallest absolute Gasteiger partial charge is 0.404 e. The predicted molar refractivity (Wildman–Crippen MR) is 54.7 cm³/mol. The van der Waals surface area contributed by atoms with Crippen LogP contribution in [0.5, 0.6) is 0 Å². The quantitative estimate of drug-likeness (QED) is 0.779. The number of hydrogen-bond donors (Lipinski definition) is 1. The molecule has 1 aromatic rings. The fourth-order valence-corrected chi connectivity index (χ4v) is 2.26. The molecule has 2 unspecified atom stereocenters. The molecule has 6 heteroatoms. The van der Waals surface area contributed by atoms with Crippen molar-refractivity contribution in [2.24, 2.45) is 12.8 Å². The van der Waals surface area contributed by atoms with Crippen LogP contribution in [0.15, 0.2) is 12.3 Å². The van der Waals surface area contributed by atoms with Gasteiger partial charge in [-0.25, -0.2) is 4.79 Å². The number of rotatable bonds is 3. The van der Waals surface area contributed by atoms with E-state index in [1.165, 1.54) is 0 Å². The number of amides is 1. The first kappa shape index (κ1) is 10.3. The number of aryl methyl sites for hydroxylation is 1. The van der Waals surface area contributed by atoms with Gasteiger partial charge in [-0.1, -0.05) is 0 Å². The normalized spacial score (nSPS) is 28.8. The van der Waals surface area contributed by atoms with Crippen molar-refractivity contribution in [3.8, 4) is 0 Å². The van der Waals surface area contributed by atoms with Gasteiger partial charge >= 0.3 is 6.09 Å². The number of nitrogens with two attached hydrogens (primary N) is 1. The molecule has 1 heterocycles. The fraction of sp³-hybridized carbons (Fsp3) is 0.556. The van der Waals surface area contributed by atoms with Gasteiger partial charge in [0.25, 0.3) is 0 Å². The Balaban J connectivity index is 2.17. The lowest BCUT2D eigenvalue weighted by Gasteiger charge is -2.15. The number of carbonyl (C=O) groups is 1. The van der Waals surface area contributed by atoms with Gasteiger partial charge < -0.3 is 10.5 Å². The summed E-state index contributed by atoms with van der Waals surface area (Å²) in [5.74, 6) is 0. The van der Waals surface area contributed by atoms with Crippen molar-refractivity contribution < 1.29 is 9.53 Å². The molecule has 0 aliphatic heterocycles. The number of nitrogens with zero attached hydrogens (tertiary/aromatic N) is 2. The number of alkyl halides is 1. The first-order valence-corrected chi connectivity index (χ1v) is 5.05. The van der Waals surface area contributed by atoms with Crippen molar-refractivity contribution in [2.45, 2.75) is 17.2 Å². The Kier molecular flexibility index (Phi) is 2.34. The number of hydrogen-bond acceptors (Lipinski definition) is 3. The number of primary amides is 1. The van der Waals surface area contributed by atoms with E-state index in [0.717, 1.165) is 12.1 Å². The molecular formula is C9H12ClN3O2. The van der Waals surface area contributed by atoms with Crippen LogP contribution >= 0.6 is 11.6 Å². The highest BCUT2D eigenvalue weighted by Gasteiger charge is 2.57. The van der Waals surface area contributed by atoms with Crippen LogP contribution in [0, 0.1) is 0 Å². The minimum Gasteiger partial charge on any atom is -0.449 e. The summed E-state index contributed by atoms with van der Waals surface area (Å²) in [5, 5.41) is 4.05. The Morgan fingerprint density at radius 2 is 2.60 bits per heavy atom. The average molecular weight is 230 g/mol. The summed E-state index contributed by atoms with van der Waals surface area (Å²) in [6.45, 7) is 0.218. The molecule has 0 aromatic carbocycles. The Hall–Kier alpha value is -1.23. The van der Waals surface area contributed by atoms with Gasteiger partial charge in [0.2, 0.25) is 0 Å². The Bertz CT molecular complexity index is 392. The number of halogens is 1. The molecule has 1 amide bonds. The van der Waals surface area contributed by atoms with Gasteiger partial charge in [0.05, 0.1) is 5.41 Å². The third-order valence-corrected chi connectivity index (χ3v) is 3.36. The van der Waals surface area contributed by atoms with E-state index in [1.54, 1.807) is 10.9 Å². The maximum Gasteiger partial charge on any atom is 0.404 e. The molecular weight excluding hydrogens is 218 g/mol. The topological polar surface area (TPSA) is 70.1 Å².